The third-order valence-corrected chi connectivity index (χ3v) is 7.21. The van der Waals surface area contributed by atoms with Gasteiger partial charge in [-0.1, -0.05) is 64.0 Å². The van der Waals surface area contributed by atoms with E-state index in [9.17, 15) is 14.7 Å². The molecule has 0 aliphatic heterocycles. The summed E-state index contributed by atoms with van der Waals surface area (Å²) < 4.78 is 0. The van der Waals surface area contributed by atoms with Crippen molar-refractivity contribution in [2.24, 2.45) is 17.8 Å². The first-order chi connectivity index (χ1) is 14.5. The zero-order chi connectivity index (χ0) is 21.8. The first kappa shape index (κ1) is 25.3. The zero-order valence-corrected chi connectivity index (χ0v) is 19.1. The largest absolute Gasteiger partial charge is 0.389 e. The molecule has 2 aliphatic rings. The van der Waals surface area contributed by atoms with E-state index >= 15 is 0 Å². The highest BCUT2D eigenvalue weighted by atomic mass is 16.3. The van der Waals surface area contributed by atoms with Gasteiger partial charge in [-0.3, -0.25) is 9.59 Å². The van der Waals surface area contributed by atoms with Crippen LogP contribution in [0.1, 0.15) is 110 Å². The fraction of sp³-hybridized carbons (Fsp3) is 0.846. The number of hydrogen-bond acceptors (Lipinski definition) is 4. The highest BCUT2D eigenvalue weighted by Gasteiger charge is 2.42. The van der Waals surface area contributed by atoms with E-state index in [2.05, 4.69) is 19.1 Å². The second kappa shape index (κ2) is 13.4. The number of carbonyl (C=O) groups is 2. The number of allylic oxidation sites excluding steroid dienone is 1. The lowest BCUT2D eigenvalue weighted by Gasteiger charge is -2.27. The number of carbonyl (C=O) groups excluding carboxylic acids is 2. The molecule has 2 saturated carbocycles. The van der Waals surface area contributed by atoms with Crippen LogP contribution in [0.25, 0.3) is 0 Å². The zero-order valence-electron chi connectivity index (χ0n) is 19.1. The Hall–Kier alpha value is -1.00. The van der Waals surface area contributed by atoms with E-state index in [-0.39, 0.29) is 18.3 Å². The Labute approximate surface area is 183 Å². The first-order valence-corrected chi connectivity index (χ1v) is 12.5. The molecule has 0 heterocycles. The number of unbranched alkanes of at least 4 members (excludes halogenated alkanes) is 6. The smallest absolute Gasteiger partial charge is 0.158 e. The Morgan fingerprint density at radius 2 is 1.80 bits per heavy atom. The van der Waals surface area contributed by atoms with Crippen LogP contribution < -0.4 is 0 Å². The second-order valence-electron chi connectivity index (χ2n) is 9.75. The minimum absolute atomic E-state index is 0.0808. The van der Waals surface area contributed by atoms with Crippen LogP contribution in [0.15, 0.2) is 12.2 Å². The Morgan fingerprint density at radius 3 is 2.50 bits per heavy atom. The quantitative estimate of drug-likeness (QED) is 0.239. The maximum absolute atomic E-state index is 12.4. The van der Waals surface area contributed by atoms with Gasteiger partial charge in [0, 0.05) is 18.8 Å². The summed E-state index contributed by atoms with van der Waals surface area (Å²) in [4.78, 5) is 23.5. The van der Waals surface area contributed by atoms with Crippen molar-refractivity contribution in [2.45, 2.75) is 115 Å². The average molecular weight is 421 g/mol. The predicted molar refractivity (Wildman–Crippen MR) is 121 cm³/mol. The molecule has 30 heavy (non-hydrogen) atoms. The third kappa shape index (κ3) is 8.63. The van der Waals surface area contributed by atoms with Crippen molar-refractivity contribution in [3.63, 3.8) is 0 Å². The fourth-order valence-corrected chi connectivity index (χ4v) is 5.06. The van der Waals surface area contributed by atoms with E-state index in [0.717, 1.165) is 70.6 Å². The van der Waals surface area contributed by atoms with Gasteiger partial charge in [-0.15, -0.1) is 0 Å². The van der Waals surface area contributed by atoms with E-state index < -0.39 is 5.60 Å². The van der Waals surface area contributed by atoms with Crippen LogP contribution in [0, 0.1) is 17.8 Å². The summed E-state index contributed by atoms with van der Waals surface area (Å²) in [5, 5.41) is 19.9. The van der Waals surface area contributed by atoms with Crippen LogP contribution in [0.4, 0.5) is 0 Å². The van der Waals surface area contributed by atoms with Crippen molar-refractivity contribution < 1.29 is 19.8 Å². The molecule has 0 radical (unpaired) electrons. The SMILES string of the molecule is CCCCCCC(O)(C/C=C/[C@H]1CCC(=O)[C@@H]1CCCCCCC(=O)CO)C1CC1. The van der Waals surface area contributed by atoms with Crippen molar-refractivity contribution in [3.8, 4) is 0 Å². The Morgan fingerprint density at radius 1 is 1.07 bits per heavy atom. The van der Waals surface area contributed by atoms with Crippen LogP contribution in [-0.4, -0.2) is 34.0 Å². The van der Waals surface area contributed by atoms with E-state index in [0.29, 0.717) is 30.5 Å². The Balaban J connectivity index is 1.73. The van der Waals surface area contributed by atoms with Crippen LogP contribution in [0.3, 0.4) is 0 Å². The van der Waals surface area contributed by atoms with Crippen LogP contribution in [-0.2, 0) is 9.59 Å². The van der Waals surface area contributed by atoms with E-state index in [4.69, 9.17) is 5.11 Å². The number of aliphatic hydroxyl groups excluding tert-OH is 1. The molecule has 2 fully saturated rings. The lowest BCUT2D eigenvalue weighted by molar-refractivity contribution is -0.122. The molecule has 2 aliphatic carbocycles. The van der Waals surface area contributed by atoms with Crippen LogP contribution in [0.5, 0.6) is 0 Å². The number of aliphatic hydroxyl groups is 2. The first-order valence-electron chi connectivity index (χ1n) is 12.5. The minimum atomic E-state index is -0.533. The summed E-state index contributed by atoms with van der Waals surface area (Å²) in [5.74, 6) is 1.26. The monoisotopic (exact) mass is 420 g/mol. The summed E-state index contributed by atoms with van der Waals surface area (Å²) in [6.45, 7) is 1.87. The molecule has 0 aromatic carbocycles. The van der Waals surface area contributed by atoms with Crippen molar-refractivity contribution in [1.29, 1.82) is 0 Å². The van der Waals surface area contributed by atoms with Gasteiger partial charge in [-0.05, 0) is 56.8 Å². The van der Waals surface area contributed by atoms with Gasteiger partial charge in [0.25, 0.3) is 0 Å². The minimum Gasteiger partial charge on any atom is -0.389 e. The van der Waals surface area contributed by atoms with Gasteiger partial charge in [0.1, 0.15) is 12.4 Å². The molecule has 172 valence electrons. The van der Waals surface area contributed by atoms with E-state index in [1.165, 1.54) is 19.3 Å². The molecule has 2 N–H and O–H groups in total. The molecule has 0 spiro atoms. The van der Waals surface area contributed by atoms with E-state index in [1.807, 2.05) is 0 Å². The molecule has 0 amide bonds. The standard InChI is InChI=1S/C26H44O4/c1-2-3-4-9-18-26(30,22-15-16-22)19-10-11-21-14-17-25(29)24(21)13-8-6-5-7-12-23(28)20-27/h10-11,21-22,24,27,30H,2-9,12-20H2,1H3/b11-10+/t21-,24+,26?/m0/s1. The lowest BCUT2D eigenvalue weighted by atomic mass is 9.85. The molecule has 3 atom stereocenters. The Bertz CT molecular complexity index is 551. The molecule has 0 aromatic rings. The summed E-state index contributed by atoms with van der Waals surface area (Å²) in [6, 6.07) is 0. The highest BCUT2D eigenvalue weighted by Crippen LogP contribution is 2.45. The van der Waals surface area contributed by atoms with E-state index in [1.54, 1.807) is 0 Å². The fourth-order valence-electron chi connectivity index (χ4n) is 5.06. The number of rotatable bonds is 17. The summed E-state index contributed by atoms with van der Waals surface area (Å²) in [5.41, 5.74) is -0.533. The van der Waals surface area contributed by atoms with Crippen LogP contribution in [0.2, 0.25) is 0 Å². The second-order valence-corrected chi connectivity index (χ2v) is 9.75. The summed E-state index contributed by atoms with van der Waals surface area (Å²) in [6.07, 6.45) is 20.1. The number of ketones is 2. The maximum Gasteiger partial charge on any atom is 0.158 e. The van der Waals surface area contributed by atoms with Crippen molar-refractivity contribution in [1.82, 2.24) is 0 Å². The van der Waals surface area contributed by atoms with Crippen molar-refractivity contribution >= 4 is 11.6 Å². The molecule has 4 nitrogen and oxygen atoms in total. The highest BCUT2D eigenvalue weighted by molar-refractivity contribution is 5.83. The summed E-state index contributed by atoms with van der Waals surface area (Å²) >= 11 is 0. The molecule has 0 bridgehead atoms. The topological polar surface area (TPSA) is 74.6 Å². The average Bonchev–Trinajstić information content (AvgIpc) is 3.54. The van der Waals surface area contributed by atoms with Gasteiger partial charge in [0.2, 0.25) is 0 Å². The van der Waals surface area contributed by atoms with Gasteiger partial charge >= 0.3 is 0 Å². The molecule has 2 rings (SSSR count). The molecule has 1 unspecified atom stereocenters. The van der Waals surface area contributed by atoms with Gasteiger partial charge < -0.3 is 10.2 Å². The van der Waals surface area contributed by atoms with Crippen molar-refractivity contribution in [2.75, 3.05) is 6.61 Å². The van der Waals surface area contributed by atoms with Crippen molar-refractivity contribution in [3.05, 3.63) is 12.2 Å². The number of Topliss-reactive ketones (excluding diaryl/α,β-unsaturated/α-hetero) is 2. The molecular weight excluding hydrogens is 376 g/mol. The molecule has 0 saturated heterocycles. The molecule has 0 aromatic heterocycles. The van der Waals surface area contributed by atoms with Gasteiger partial charge in [-0.2, -0.15) is 0 Å². The molecular formula is C26H44O4. The third-order valence-electron chi connectivity index (χ3n) is 7.21. The van der Waals surface area contributed by atoms with Gasteiger partial charge in [0.15, 0.2) is 5.78 Å². The van der Waals surface area contributed by atoms with Gasteiger partial charge in [-0.25, -0.2) is 0 Å². The number of hydrogen-bond donors (Lipinski definition) is 2. The predicted octanol–water partition coefficient (Wildman–Crippen LogP) is 5.54. The summed E-state index contributed by atoms with van der Waals surface area (Å²) in [7, 11) is 0. The lowest BCUT2D eigenvalue weighted by Crippen LogP contribution is -2.30. The Kier molecular flexibility index (Phi) is 11.3. The maximum atomic E-state index is 12.4. The van der Waals surface area contributed by atoms with Gasteiger partial charge in [0.05, 0.1) is 5.60 Å². The van der Waals surface area contributed by atoms with Crippen LogP contribution >= 0.6 is 0 Å². The normalized spacial score (nSPS) is 23.9. The molecule has 4 heteroatoms.